The molecular formula is C18H20N4O3S. The lowest BCUT2D eigenvalue weighted by molar-refractivity contribution is -0.116. The molecule has 0 bridgehead atoms. The van der Waals surface area contributed by atoms with Gasteiger partial charge in [-0.25, -0.2) is 4.98 Å². The van der Waals surface area contributed by atoms with Crippen molar-refractivity contribution in [1.29, 1.82) is 0 Å². The molecule has 0 atom stereocenters. The molecule has 2 aromatic heterocycles. The number of nitrogens with one attached hydrogen (secondary N) is 1. The highest BCUT2D eigenvalue weighted by Gasteiger charge is 2.13. The number of rotatable bonds is 7. The molecule has 0 saturated heterocycles. The molecule has 0 unspecified atom stereocenters. The summed E-state index contributed by atoms with van der Waals surface area (Å²) in [5.41, 5.74) is 2.58. The molecule has 3 aromatic rings. The van der Waals surface area contributed by atoms with E-state index in [4.69, 9.17) is 9.47 Å². The van der Waals surface area contributed by atoms with Crippen molar-refractivity contribution in [2.24, 2.45) is 7.05 Å². The van der Waals surface area contributed by atoms with Gasteiger partial charge in [0.2, 0.25) is 5.91 Å². The van der Waals surface area contributed by atoms with Gasteiger partial charge in [0.05, 0.1) is 26.1 Å². The number of benzene rings is 1. The minimum atomic E-state index is -0.0765. The summed E-state index contributed by atoms with van der Waals surface area (Å²) in [7, 11) is 5.08. The maximum Gasteiger partial charge on any atom is 0.226 e. The summed E-state index contributed by atoms with van der Waals surface area (Å²) in [6, 6.07) is 5.53. The summed E-state index contributed by atoms with van der Waals surface area (Å²) >= 11 is 1.38. The van der Waals surface area contributed by atoms with Crippen LogP contribution in [0.15, 0.2) is 36.0 Å². The molecule has 0 saturated carbocycles. The number of aromatic nitrogens is 3. The molecule has 0 spiro atoms. The number of anilines is 1. The third-order valence-electron chi connectivity index (χ3n) is 3.83. The largest absolute Gasteiger partial charge is 0.497 e. The third kappa shape index (κ3) is 4.20. The number of methoxy groups -OCH3 is 2. The van der Waals surface area contributed by atoms with Gasteiger partial charge in [0, 0.05) is 30.6 Å². The van der Waals surface area contributed by atoms with E-state index in [1.807, 2.05) is 36.8 Å². The average molecular weight is 372 g/mol. The van der Waals surface area contributed by atoms with Gasteiger partial charge in [-0.2, -0.15) is 5.10 Å². The first-order valence-electron chi connectivity index (χ1n) is 8.04. The Bertz CT molecular complexity index is 903. The molecule has 1 N–H and O–H groups in total. The predicted octanol–water partition coefficient (Wildman–Crippen LogP) is 3.13. The predicted molar refractivity (Wildman–Crippen MR) is 101 cm³/mol. The molecule has 136 valence electrons. The van der Waals surface area contributed by atoms with Crippen LogP contribution >= 0.6 is 11.3 Å². The van der Waals surface area contributed by atoms with Crippen LogP contribution in [-0.2, 0) is 18.3 Å². The van der Waals surface area contributed by atoms with Crippen LogP contribution in [0.4, 0.5) is 5.13 Å². The zero-order chi connectivity index (χ0) is 18.5. The van der Waals surface area contributed by atoms with E-state index in [9.17, 15) is 4.79 Å². The minimum absolute atomic E-state index is 0.0765. The fourth-order valence-electron chi connectivity index (χ4n) is 2.51. The lowest BCUT2D eigenvalue weighted by atomic mass is 10.1. The summed E-state index contributed by atoms with van der Waals surface area (Å²) in [5, 5.41) is 9.38. The van der Waals surface area contributed by atoms with Crippen molar-refractivity contribution in [3.05, 3.63) is 41.5 Å². The van der Waals surface area contributed by atoms with Crippen LogP contribution in [0.5, 0.6) is 11.5 Å². The molecule has 1 aromatic carbocycles. The number of amides is 1. The first-order valence-corrected chi connectivity index (χ1v) is 8.92. The normalized spacial score (nSPS) is 10.6. The number of carbonyl (C=O) groups is 1. The van der Waals surface area contributed by atoms with Crippen LogP contribution in [0.25, 0.3) is 11.3 Å². The molecule has 2 heterocycles. The van der Waals surface area contributed by atoms with E-state index < -0.39 is 0 Å². The first kappa shape index (κ1) is 17.9. The Morgan fingerprint density at radius 2 is 2.15 bits per heavy atom. The Kier molecular flexibility index (Phi) is 5.52. The zero-order valence-corrected chi connectivity index (χ0v) is 15.7. The molecule has 0 radical (unpaired) electrons. The Hall–Kier alpha value is -2.87. The van der Waals surface area contributed by atoms with Crippen LogP contribution in [0.2, 0.25) is 0 Å². The molecule has 0 aliphatic heterocycles. The zero-order valence-electron chi connectivity index (χ0n) is 14.9. The second-order valence-electron chi connectivity index (χ2n) is 5.67. The van der Waals surface area contributed by atoms with Gasteiger partial charge in [0.25, 0.3) is 0 Å². The molecule has 1 amide bonds. The van der Waals surface area contributed by atoms with Crippen LogP contribution in [0.1, 0.15) is 12.0 Å². The van der Waals surface area contributed by atoms with Gasteiger partial charge < -0.3 is 14.8 Å². The van der Waals surface area contributed by atoms with E-state index in [1.165, 1.54) is 11.3 Å². The Morgan fingerprint density at radius 3 is 2.85 bits per heavy atom. The van der Waals surface area contributed by atoms with Gasteiger partial charge in [0.15, 0.2) is 5.13 Å². The summed E-state index contributed by atoms with van der Waals surface area (Å²) in [6.45, 7) is 0. The number of aryl methyl sites for hydroxylation is 2. The molecule has 0 aliphatic carbocycles. The summed E-state index contributed by atoms with van der Waals surface area (Å²) < 4.78 is 12.4. The molecular weight excluding hydrogens is 352 g/mol. The minimum Gasteiger partial charge on any atom is -0.497 e. The van der Waals surface area contributed by atoms with E-state index in [-0.39, 0.29) is 5.91 Å². The number of hydrogen-bond acceptors (Lipinski definition) is 6. The summed E-state index contributed by atoms with van der Waals surface area (Å²) in [4.78, 5) is 16.6. The van der Waals surface area contributed by atoms with Gasteiger partial charge in [-0.1, -0.05) is 0 Å². The highest BCUT2D eigenvalue weighted by atomic mass is 32.1. The average Bonchev–Trinajstić information content (AvgIpc) is 3.28. The van der Waals surface area contributed by atoms with E-state index in [0.29, 0.717) is 23.7 Å². The van der Waals surface area contributed by atoms with Crippen LogP contribution < -0.4 is 14.8 Å². The van der Waals surface area contributed by atoms with Gasteiger partial charge in [0.1, 0.15) is 11.5 Å². The van der Waals surface area contributed by atoms with Crippen LogP contribution in [0, 0.1) is 0 Å². The fourth-order valence-corrected chi connectivity index (χ4v) is 3.24. The number of ether oxygens (including phenoxy) is 2. The van der Waals surface area contributed by atoms with Gasteiger partial charge in [-0.3, -0.25) is 9.48 Å². The van der Waals surface area contributed by atoms with Crippen molar-refractivity contribution in [3.63, 3.8) is 0 Å². The smallest absolute Gasteiger partial charge is 0.226 e. The highest BCUT2D eigenvalue weighted by molar-refractivity contribution is 7.14. The van der Waals surface area contributed by atoms with Crippen molar-refractivity contribution < 1.29 is 14.3 Å². The van der Waals surface area contributed by atoms with Crippen molar-refractivity contribution in [2.45, 2.75) is 12.8 Å². The maximum absolute atomic E-state index is 12.1. The van der Waals surface area contributed by atoms with Crippen molar-refractivity contribution >= 4 is 22.4 Å². The SMILES string of the molecule is COc1ccc(OC)c(-c2csc(NC(=O)CCc3cnn(C)c3)n2)c1. The van der Waals surface area contributed by atoms with Crippen molar-refractivity contribution in [2.75, 3.05) is 19.5 Å². The molecule has 8 heteroatoms. The third-order valence-corrected chi connectivity index (χ3v) is 4.59. The topological polar surface area (TPSA) is 78.3 Å². The molecule has 26 heavy (non-hydrogen) atoms. The fraction of sp³-hybridized carbons (Fsp3) is 0.278. The molecule has 0 fully saturated rings. The van der Waals surface area contributed by atoms with E-state index in [1.54, 1.807) is 25.1 Å². The second kappa shape index (κ2) is 8.01. The van der Waals surface area contributed by atoms with Crippen molar-refractivity contribution in [1.82, 2.24) is 14.8 Å². The molecule has 7 nitrogen and oxygen atoms in total. The lowest BCUT2D eigenvalue weighted by Crippen LogP contribution is -2.12. The quantitative estimate of drug-likeness (QED) is 0.689. The highest BCUT2D eigenvalue weighted by Crippen LogP contribution is 2.35. The lowest BCUT2D eigenvalue weighted by Gasteiger charge is -2.08. The van der Waals surface area contributed by atoms with E-state index in [0.717, 1.165) is 22.6 Å². The standard InChI is InChI=1S/C18H20N4O3S/c1-22-10-12(9-19-22)4-7-17(23)21-18-20-15(11-26-18)14-8-13(24-2)5-6-16(14)25-3/h5-6,8-11H,4,7H2,1-3H3,(H,20,21,23). The van der Waals surface area contributed by atoms with Gasteiger partial charge in [-0.05, 0) is 30.2 Å². The monoisotopic (exact) mass is 372 g/mol. The summed E-state index contributed by atoms with van der Waals surface area (Å²) in [5.74, 6) is 1.34. The summed E-state index contributed by atoms with van der Waals surface area (Å²) in [6.07, 6.45) is 4.69. The molecule has 3 rings (SSSR count). The Balaban J connectivity index is 1.67. The Labute approximate surface area is 155 Å². The van der Waals surface area contributed by atoms with Crippen LogP contribution in [-0.4, -0.2) is 34.9 Å². The van der Waals surface area contributed by atoms with Crippen molar-refractivity contribution in [3.8, 4) is 22.8 Å². The van der Waals surface area contributed by atoms with E-state index in [2.05, 4.69) is 15.4 Å². The maximum atomic E-state index is 12.1. The Morgan fingerprint density at radius 1 is 1.31 bits per heavy atom. The van der Waals surface area contributed by atoms with E-state index >= 15 is 0 Å². The van der Waals surface area contributed by atoms with Gasteiger partial charge in [-0.15, -0.1) is 11.3 Å². The number of nitrogens with zero attached hydrogens (tertiary/aromatic N) is 3. The number of hydrogen-bond donors (Lipinski definition) is 1. The second-order valence-corrected chi connectivity index (χ2v) is 6.53. The number of carbonyl (C=O) groups excluding carboxylic acids is 1. The molecule has 0 aliphatic rings. The number of thiazole rings is 1. The van der Waals surface area contributed by atoms with Gasteiger partial charge >= 0.3 is 0 Å². The van der Waals surface area contributed by atoms with Crippen LogP contribution in [0.3, 0.4) is 0 Å². The first-order chi connectivity index (χ1) is 12.6.